The summed E-state index contributed by atoms with van der Waals surface area (Å²) in [6, 6.07) is 17.5. The fourth-order valence-electron chi connectivity index (χ4n) is 3.24. The smallest absolute Gasteiger partial charge is 0.253 e. The first kappa shape index (κ1) is 17.1. The fourth-order valence-corrected chi connectivity index (χ4v) is 3.24. The zero-order valence-corrected chi connectivity index (χ0v) is 15.4. The van der Waals surface area contributed by atoms with Gasteiger partial charge in [0.25, 0.3) is 5.91 Å². The van der Waals surface area contributed by atoms with E-state index in [0.717, 1.165) is 22.2 Å². The van der Waals surface area contributed by atoms with Gasteiger partial charge in [0.2, 0.25) is 0 Å². The molecule has 0 spiro atoms. The summed E-state index contributed by atoms with van der Waals surface area (Å²) >= 11 is 0. The Morgan fingerprint density at radius 2 is 1.86 bits per heavy atom. The maximum Gasteiger partial charge on any atom is 0.253 e. The van der Waals surface area contributed by atoms with E-state index in [9.17, 15) is 4.79 Å². The third-order valence-electron chi connectivity index (χ3n) is 4.70. The van der Waals surface area contributed by atoms with E-state index in [0.29, 0.717) is 17.9 Å². The summed E-state index contributed by atoms with van der Waals surface area (Å²) in [7, 11) is 0. The largest absolute Gasteiger partial charge is 0.345 e. The third kappa shape index (κ3) is 3.31. The van der Waals surface area contributed by atoms with Crippen molar-refractivity contribution in [3.63, 3.8) is 0 Å². The van der Waals surface area contributed by atoms with E-state index in [-0.39, 0.29) is 12.5 Å². The zero-order chi connectivity index (χ0) is 19.6. The van der Waals surface area contributed by atoms with Gasteiger partial charge in [-0.05, 0) is 23.8 Å². The Morgan fingerprint density at radius 3 is 2.76 bits per heavy atom. The van der Waals surface area contributed by atoms with Crippen LogP contribution in [0.4, 0.5) is 0 Å². The molecule has 1 aromatic carbocycles. The predicted octanol–water partition coefficient (Wildman–Crippen LogP) is 2.45. The van der Waals surface area contributed by atoms with Gasteiger partial charge in [0.15, 0.2) is 17.1 Å². The van der Waals surface area contributed by atoms with E-state index in [1.807, 2.05) is 63.8 Å². The Balaban J connectivity index is 1.33. The number of fused-ring (bicyclic) bond motifs is 2. The van der Waals surface area contributed by atoms with Crippen molar-refractivity contribution in [1.29, 1.82) is 0 Å². The number of amides is 1. The number of aromatic nitrogens is 6. The molecule has 1 amide bonds. The third-order valence-corrected chi connectivity index (χ3v) is 4.70. The van der Waals surface area contributed by atoms with Gasteiger partial charge in [0, 0.05) is 17.8 Å². The molecule has 0 bridgehead atoms. The minimum atomic E-state index is -0.220. The van der Waals surface area contributed by atoms with Crippen molar-refractivity contribution in [3.05, 3.63) is 90.1 Å². The van der Waals surface area contributed by atoms with Gasteiger partial charge >= 0.3 is 0 Å². The maximum atomic E-state index is 12.6. The Morgan fingerprint density at radius 1 is 1.00 bits per heavy atom. The number of nitrogens with one attached hydrogen (secondary N) is 1. The molecule has 5 aromatic rings. The lowest BCUT2D eigenvalue weighted by molar-refractivity contribution is 0.0949. The Labute approximate surface area is 165 Å². The van der Waals surface area contributed by atoms with Crippen molar-refractivity contribution >= 4 is 22.6 Å². The van der Waals surface area contributed by atoms with Gasteiger partial charge in [-0.3, -0.25) is 9.20 Å². The second-order valence-electron chi connectivity index (χ2n) is 6.65. The van der Waals surface area contributed by atoms with E-state index in [2.05, 4.69) is 25.6 Å². The molecule has 5 rings (SSSR count). The second-order valence-corrected chi connectivity index (χ2v) is 6.65. The Bertz CT molecular complexity index is 1310. The van der Waals surface area contributed by atoms with Gasteiger partial charge in [-0.1, -0.05) is 36.4 Å². The Kier molecular flexibility index (Phi) is 4.21. The summed E-state index contributed by atoms with van der Waals surface area (Å²) in [6.45, 7) is 0.901. The lowest BCUT2D eigenvalue weighted by Crippen LogP contribution is -2.24. The van der Waals surface area contributed by atoms with Crippen LogP contribution >= 0.6 is 0 Å². The van der Waals surface area contributed by atoms with Crippen LogP contribution < -0.4 is 5.32 Å². The molecule has 0 aliphatic heterocycles. The van der Waals surface area contributed by atoms with Crippen LogP contribution in [0.5, 0.6) is 0 Å². The molecule has 1 N–H and O–H groups in total. The first-order valence-electron chi connectivity index (χ1n) is 9.20. The van der Waals surface area contributed by atoms with Crippen LogP contribution in [0.15, 0.2) is 73.2 Å². The maximum absolute atomic E-state index is 12.6. The van der Waals surface area contributed by atoms with Crippen molar-refractivity contribution in [2.75, 3.05) is 0 Å². The van der Waals surface area contributed by atoms with Crippen molar-refractivity contribution in [1.82, 2.24) is 34.7 Å². The van der Waals surface area contributed by atoms with Crippen LogP contribution in [0.1, 0.15) is 21.7 Å². The minimum absolute atomic E-state index is 0.220. The summed E-state index contributed by atoms with van der Waals surface area (Å²) in [5.74, 6) is 0.446. The SMILES string of the molecule is O=C(NCc1nnc2ccccn12)c1cnc2c(cnn2Cc2ccccc2)c1. The number of hydrogen-bond acceptors (Lipinski definition) is 5. The van der Waals surface area contributed by atoms with Gasteiger partial charge in [-0.2, -0.15) is 5.10 Å². The topological polar surface area (TPSA) is 90.0 Å². The molecule has 0 aliphatic rings. The highest BCUT2D eigenvalue weighted by Crippen LogP contribution is 2.15. The molecule has 29 heavy (non-hydrogen) atoms. The fraction of sp³-hybridized carbons (Fsp3) is 0.0952. The van der Waals surface area contributed by atoms with E-state index in [1.54, 1.807) is 18.5 Å². The highest BCUT2D eigenvalue weighted by molar-refractivity contribution is 5.96. The number of carbonyl (C=O) groups excluding carboxylic acids is 1. The lowest BCUT2D eigenvalue weighted by Gasteiger charge is -2.05. The van der Waals surface area contributed by atoms with E-state index >= 15 is 0 Å². The van der Waals surface area contributed by atoms with Gasteiger partial charge in [-0.15, -0.1) is 10.2 Å². The number of hydrogen-bond donors (Lipinski definition) is 1. The average molecular weight is 383 g/mol. The van der Waals surface area contributed by atoms with Crippen LogP contribution in [0, 0.1) is 0 Å². The molecular weight excluding hydrogens is 366 g/mol. The van der Waals surface area contributed by atoms with Gasteiger partial charge in [0.1, 0.15) is 0 Å². The summed E-state index contributed by atoms with van der Waals surface area (Å²) in [4.78, 5) is 17.0. The standard InChI is InChI=1S/C21H17N7O/c29-21(23-13-19-26-25-18-8-4-5-9-27(18)19)17-10-16-12-24-28(20(16)22-11-17)14-15-6-2-1-3-7-15/h1-12H,13-14H2,(H,23,29). The number of pyridine rings is 2. The predicted molar refractivity (Wildman–Crippen MR) is 107 cm³/mol. The number of carbonyl (C=O) groups is 1. The average Bonchev–Trinajstić information content (AvgIpc) is 3.36. The molecule has 0 unspecified atom stereocenters. The zero-order valence-electron chi connectivity index (χ0n) is 15.4. The number of nitrogens with zero attached hydrogens (tertiary/aromatic N) is 6. The molecule has 0 aliphatic carbocycles. The molecule has 0 saturated heterocycles. The second kappa shape index (κ2) is 7.16. The highest BCUT2D eigenvalue weighted by Gasteiger charge is 2.12. The van der Waals surface area contributed by atoms with Crippen molar-refractivity contribution in [3.8, 4) is 0 Å². The lowest BCUT2D eigenvalue weighted by atomic mass is 10.2. The van der Waals surface area contributed by atoms with E-state index < -0.39 is 0 Å². The molecule has 8 nitrogen and oxygen atoms in total. The first-order chi connectivity index (χ1) is 14.3. The van der Waals surface area contributed by atoms with Gasteiger partial charge < -0.3 is 5.32 Å². The molecule has 8 heteroatoms. The summed E-state index contributed by atoms with van der Waals surface area (Å²) < 4.78 is 3.67. The van der Waals surface area contributed by atoms with Crippen LogP contribution in [-0.4, -0.2) is 35.3 Å². The number of rotatable bonds is 5. The van der Waals surface area contributed by atoms with Crippen LogP contribution in [0.3, 0.4) is 0 Å². The molecule has 0 radical (unpaired) electrons. The van der Waals surface area contributed by atoms with Gasteiger partial charge in [0.05, 0.1) is 24.8 Å². The van der Waals surface area contributed by atoms with Crippen LogP contribution in [-0.2, 0) is 13.1 Å². The monoisotopic (exact) mass is 383 g/mol. The molecule has 0 fully saturated rings. The first-order valence-corrected chi connectivity index (χ1v) is 9.20. The van der Waals surface area contributed by atoms with Crippen molar-refractivity contribution in [2.45, 2.75) is 13.1 Å². The highest BCUT2D eigenvalue weighted by atomic mass is 16.1. The van der Waals surface area contributed by atoms with Crippen LogP contribution in [0.2, 0.25) is 0 Å². The van der Waals surface area contributed by atoms with E-state index in [4.69, 9.17) is 0 Å². The summed E-state index contributed by atoms with van der Waals surface area (Å²) in [6.07, 6.45) is 5.17. The normalized spacial score (nSPS) is 11.2. The molecule has 0 saturated carbocycles. The molecule has 0 atom stereocenters. The molecule has 4 heterocycles. The quantitative estimate of drug-likeness (QED) is 0.503. The Hall–Kier alpha value is -4.07. The van der Waals surface area contributed by atoms with Crippen LogP contribution in [0.25, 0.3) is 16.7 Å². The van der Waals surface area contributed by atoms with Crippen molar-refractivity contribution < 1.29 is 4.79 Å². The van der Waals surface area contributed by atoms with E-state index in [1.165, 1.54) is 0 Å². The number of benzene rings is 1. The summed E-state index contributed by atoms with van der Waals surface area (Å²) in [5.41, 5.74) is 3.10. The molecule has 142 valence electrons. The summed E-state index contributed by atoms with van der Waals surface area (Å²) in [5, 5.41) is 16.3. The van der Waals surface area contributed by atoms with Crippen molar-refractivity contribution in [2.24, 2.45) is 0 Å². The molecular formula is C21H17N7O. The van der Waals surface area contributed by atoms with Gasteiger partial charge in [-0.25, -0.2) is 9.67 Å². The molecule has 4 aromatic heterocycles. The minimum Gasteiger partial charge on any atom is -0.345 e.